The number of hydrogen-bond donors (Lipinski definition) is 3. The number of carbonyl (C=O) groups excluding carboxylic acids is 1. The minimum Gasteiger partial charge on any atom is -0.404 e. The van der Waals surface area contributed by atoms with Crippen LogP contribution >= 0.6 is 0 Å². The van der Waals surface area contributed by atoms with Gasteiger partial charge in [0.25, 0.3) is 0 Å². The first-order valence-corrected chi connectivity index (χ1v) is 8.55. The molecule has 1 fully saturated rings. The Bertz CT molecular complexity index is 849. The molecule has 0 radical (unpaired) electrons. The van der Waals surface area contributed by atoms with Gasteiger partial charge in [-0.25, -0.2) is 4.98 Å². The van der Waals surface area contributed by atoms with Gasteiger partial charge in [-0.1, -0.05) is 12.1 Å². The molecule has 1 aliphatic rings. The zero-order chi connectivity index (χ0) is 18.5. The number of fused-ring (bicyclic) bond motifs is 1. The average Bonchev–Trinajstić information content (AvgIpc) is 2.64. The molecule has 0 unspecified atom stereocenters. The van der Waals surface area contributed by atoms with Crippen molar-refractivity contribution in [2.24, 2.45) is 5.73 Å². The van der Waals surface area contributed by atoms with E-state index in [0.29, 0.717) is 31.1 Å². The fourth-order valence-electron chi connectivity index (χ4n) is 2.98. The summed E-state index contributed by atoms with van der Waals surface area (Å²) in [5.41, 5.74) is 7.04. The highest BCUT2D eigenvalue weighted by Crippen LogP contribution is 2.22. The Morgan fingerprint density at radius 1 is 1.46 bits per heavy atom. The molecule has 1 aliphatic heterocycles. The molecule has 3 rings (SSSR count). The van der Waals surface area contributed by atoms with E-state index in [0.717, 1.165) is 22.9 Å². The molecule has 0 bridgehead atoms. The maximum absolute atomic E-state index is 12.3. The van der Waals surface area contributed by atoms with E-state index >= 15 is 0 Å². The van der Waals surface area contributed by atoms with E-state index in [1.165, 1.54) is 12.4 Å². The number of nitrogens with two attached hydrogens (primary N) is 1. The van der Waals surface area contributed by atoms with Crippen molar-refractivity contribution in [3.8, 4) is 0 Å². The monoisotopic (exact) mass is 353 g/mol. The van der Waals surface area contributed by atoms with Gasteiger partial charge in [-0.05, 0) is 30.0 Å². The van der Waals surface area contributed by atoms with Gasteiger partial charge in [-0.2, -0.15) is 0 Å². The molecule has 1 amide bonds. The second-order valence-corrected chi connectivity index (χ2v) is 6.34. The average molecular weight is 353 g/mol. The summed E-state index contributed by atoms with van der Waals surface area (Å²) in [6.07, 6.45) is 4.35. The predicted octanol–water partition coefficient (Wildman–Crippen LogP) is 1.84. The molecule has 1 aromatic heterocycles. The molecule has 0 spiro atoms. The molecule has 0 saturated carbocycles. The Morgan fingerprint density at radius 2 is 2.31 bits per heavy atom. The highest BCUT2D eigenvalue weighted by atomic mass is 16.5. The molecule has 1 aromatic carbocycles. The Morgan fingerprint density at radius 3 is 3.04 bits per heavy atom. The summed E-state index contributed by atoms with van der Waals surface area (Å²) in [5, 5.41) is 12.2. The minimum atomic E-state index is -0.0937. The van der Waals surface area contributed by atoms with E-state index < -0.39 is 0 Å². The maximum Gasteiger partial charge on any atom is 0.239 e. The van der Waals surface area contributed by atoms with Crippen molar-refractivity contribution >= 4 is 34.3 Å². The standard InChI is InChI=1S/C19H23N5O2/c1-13-12-26-5-4-24(13)11-19(25)23-18-7-16-6-14(17(8-20)9-21)2-3-15(16)10-22-18/h2-3,6-10,13,20H,4-5,11-12,21H2,1H3,(H,22,23,25)/b17-9+,20-8?/t13-/m0/s1. The van der Waals surface area contributed by atoms with Crippen LogP contribution < -0.4 is 11.1 Å². The first kappa shape index (κ1) is 18.0. The quantitative estimate of drug-likeness (QED) is 0.712. The fourth-order valence-corrected chi connectivity index (χ4v) is 2.98. The lowest BCUT2D eigenvalue weighted by atomic mass is 10.0. The fraction of sp³-hybridized carbons (Fsp3) is 0.316. The van der Waals surface area contributed by atoms with E-state index in [9.17, 15) is 4.79 Å². The van der Waals surface area contributed by atoms with E-state index in [1.807, 2.05) is 31.2 Å². The molecule has 7 nitrogen and oxygen atoms in total. The summed E-state index contributed by atoms with van der Waals surface area (Å²) >= 11 is 0. The van der Waals surface area contributed by atoms with Crippen LogP contribution in [-0.2, 0) is 9.53 Å². The maximum atomic E-state index is 12.3. The number of allylic oxidation sites excluding steroid dienone is 1. The smallest absolute Gasteiger partial charge is 0.239 e. The van der Waals surface area contributed by atoms with Crippen LogP contribution in [0.25, 0.3) is 16.3 Å². The number of ether oxygens (including phenoxy) is 1. The largest absolute Gasteiger partial charge is 0.404 e. The SMILES string of the molecule is C[C@H]1COCCN1CC(=O)Nc1cc2cc(/C(C=N)=C/N)ccc2cn1. The predicted molar refractivity (Wildman–Crippen MR) is 103 cm³/mol. The van der Waals surface area contributed by atoms with Crippen molar-refractivity contribution in [3.63, 3.8) is 0 Å². The number of anilines is 1. The lowest BCUT2D eigenvalue weighted by Gasteiger charge is -2.32. The van der Waals surface area contributed by atoms with Crippen LogP contribution in [0.3, 0.4) is 0 Å². The van der Waals surface area contributed by atoms with Gasteiger partial charge in [-0.3, -0.25) is 9.69 Å². The number of morpholine rings is 1. The molecular formula is C19H23N5O2. The third kappa shape index (κ3) is 4.07. The summed E-state index contributed by atoms with van der Waals surface area (Å²) in [4.78, 5) is 18.8. The lowest BCUT2D eigenvalue weighted by Crippen LogP contribution is -2.47. The number of nitrogens with one attached hydrogen (secondary N) is 2. The number of rotatable bonds is 5. The Balaban J connectivity index is 1.75. The first-order valence-electron chi connectivity index (χ1n) is 8.55. The number of carbonyl (C=O) groups is 1. The van der Waals surface area contributed by atoms with E-state index in [1.54, 1.807) is 6.20 Å². The zero-order valence-electron chi connectivity index (χ0n) is 14.7. The van der Waals surface area contributed by atoms with Crippen LogP contribution in [0.4, 0.5) is 5.82 Å². The van der Waals surface area contributed by atoms with Gasteiger partial charge in [0.15, 0.2) is 0 Å². The second kappa shape index (κ2) is 8.07. The Labute approximate surface area is 152 Å². The molecule has 2 heterocycles. The third-order valence-corrected chi connectivity index (χ3v) is 4.51. The molecule has 2 aromatic rings. The van der Waals surface area contributed by atoms with Gasteiger partial charge in [0.2, 0.25) is 5.91 Å². The zero-order valence-corrected chi connectivity index (χ0v) is 14.7. The van der Waals surface area contributed by atoms with Gasteiger partial charge < -0.3 is 21.2 Å². The van der Waals surface area contributed by atoms with Crippen molar-refractivity contribution in [3.05, 3.63) is 42.2 Å². The summed E-state index contributed by atoms with van der Waals surface area (Å²) in [5.74, 6) is 0.414. The summed E-state index contributed by atoms with van der Waals surface area (Å²) < 4.78 is 5.39. The highest BCUT2D eigenvalue weighted by molar-refractivity contribution is 6.09. The Kier molecular flexibility index (Phi) is 5.60. The van der Waals surface area contributed by atoms with Crippen molar-refractivity contribution in [1.82, 2.24) is 9.88 Å². The van der Waals surface area contributed by atoms with Crippen molar-refractivity contribution < 1.29 is 9.53 Å². The number of amides is 1. The number of hydrogen-bond acceptors (Lipinski definition) is 6. The van der Waals surface area contributed by atoms with Crippen LogP contribution in [0.5, 0.6) is 0 Å². The van der Waals surface area contributed by atoms with Crippen molar-refractivity contribution in [2.75, 3.05) is 31.6 Å². The topological polar surface area (TPSA) is 104 Å². The minimum absolute atomic E-state index is 0.0937. The lowest BCUT2D eigenvalue weighted by molar-refractivity contribution is -0.119. The van der Waals surface area contributed by atoms with Crippen LogP contribution in [0.15, 0.2) is 36.7 Å². The molecule has 136 valence electrons. The van der Waals surface area contributed by atoms with Gasteiger partial charge >= 0.3 is 0 Å². The van der Waals surface area contributed by atoms with Crippen LogP contribution in [0.2, 0.25) is 0 Å². The molecule has 4 N–H and O–H groups in total. The third-order valence-electron chi connectivity index (χ3n) is 4.51. The second-order valence-electron chi connectivity index (χ2n) is 6.34. The van der Waals surface area contributed by atoms with Crippen molar-refractivity contribution in [2.45, 2.75) is 13.0 Å². The molecule has 7 heteroatoms. The van der Waals surface area contributed by atoms with E-state index in [2.05, 4.69) is 15.2 Å². The highest BCUT2D eigenvalue weighted by Gasteiger charge is 2.21. The van der Waals surface area contributed by atoms with Gasteiger partial charge in [0.05, 0.1) is 19.8 Å². The van der Waals surface area contributed by atoms with E-state index in [4.69, 9.17) is 15.9 Å². The van der Waals surface area contributed by atoms with Gasteiger partial charge in [0.1, 0.15) is 5.82 Å². The van der Waals surface area contributed by atoms with E-state index in [-0.39, 0.29) is 11.9 Å². The summed E-state index contributed by atoms with van der Waals surface area (Å²) in [7, 11) is 0. The Hall–Kier alpha value is -2.77. The van der Waals surface area contributed by atoms with Crippen molar-refractivity contribution in [1.29, 1.82) is 5.41 Å². The van der Waals surface area contributed by atoms with Gasteiger partial charge in [0, 0.05) is 42.2 Å². The number of benzene rings is 1. The molecule has 1 atom stereocenters. The molecule has 26 heavy (non-hydrogen) atoms. The molecule has 0 aliphatic carbocycles. The number of pyridine rings is 1. The normalized spacial score (nSPS) is 18.7. The molecule has 1 saturated heterocycles. The van der Waals surface area contributed by atoms with Crippen LogP contribution in [-0.4, -0.2) is 54.4 Å². The van der Waals surface area contributed by atoms with Crippen LogP contribution in [0, 0.1) is 5.41 Å². The van der Waals surface area contributed by atoms with Crippen LogP contribution in [0.1, 0.15) is 12.5 Å². The summed E-state index contributed by atoms with van der Waals surface area (Å²) in [6.45, 7) is 4.42. The number of nitrogens with zero attached hydrogens (tertiary/aromatic N) is 2. The van der Waals surface area contributed by atoms with Gasteiger partial charge in [-0.15, -0.1) is 0 Å². The molecular weight excluding hydrogens is 330 g/mol. The summed E-state index contributed by atoms with van der Waals surface area (Å²) in [6, 6.07) is 7.80. The first-order chi connectivity index (χ1) is 12.6. The number of aromatic nitrogens is 1.